The van der Waals surface area contributed by atoms with Gasteiger partial charge < -0.3 is 39.5 Å². The zero-order valence-electron chi connectivity index (χ0n) is 28.8. The summed E-state index contributed by atoms with van der Waals surface area (Å²) in [6, 6.07) is 17.4. The number of pyridine rings is 2. The molecule has 6 aromatic rings. The number of nitrogens with zero attached hydrogens (tertiary/aromatic N) is 10. The minimum Gasteiger partial charge on any atom is -0.508 e. The van der Waals surface area contributed by atoms with E-state index in [2.05, 4.69) is 40.0 Å². The molecule has 8 rings (SSSR count). The van der Waals surface area contributed by atoms with Crippen molar-refractivity contribution in [1.82, 2.24) is 29.9 Å². The lowest BCUT2D eigenvalue weighted by atomic mass is 10.2. The lowest BCUT2D eigenvalue weighted by Gasteiger charge is -2.28. The number of hydrogen-bond acceptors (Lipinski definition) is 16. The number of phenols is 2. The summed E-state index contributed by atoms with van der Waals surface area (Å²) < 4.78 is 10.9. The monoisotopic (exact) mass is 716 g/mol. The number of phenolic OH excluding ortho intramolecular Hbond substituents is 2. The maximum Gasteiger partial charge on any atom is 0.162 e. The van der Waals surface area contributed by atoms with Crippen molar-refractivity contribution in [2.75, 3.05) is 69.5 Å². The molecule has 53 heavy (non-hydrogen) atoms. The first-order valence-corrected chi connectivity index (χ1v) is 16.8. The summed E-state index contributed by atoms with van der Waals surface area (Å²) in [5.74, 6) is 2.83. The Bertz CT molecular complexity index is 2280. The van der Waals surface area contributed by atoms with Gasteiger partial charge in [-0.15, -0.1) is 0 Å². The number of aromatic nitrogens is 6. The van der Waals surface area contributed by atoms with Crippen molar-refractivity contribution in [3.05, 3.63) is 84.2 Å². The summed E-state index contributed by atoms with van der Waals surface area (Å²) >= 11 is 0. The Morgan fingerprint density at radius 2 is 1.13 bits per heavy atom. The summed E-state index contributed by atoms with van der Waals surface area (Å²) in [6.45, 7) is 5.45. The normalized spacial score (nSPS) is 14.9. The molecule has 2 aliphatic heterocycles. The SMILES string of the molecule is CON=Cc1cnc2c(N3CCOCC3)nc(-c3cccc(O)c3)nc2c1.ON=Cc1cnc2c(N3CCOCC3)nc(-c3cccc(O)c3)nc2c1. The Morgan fingerprint density at radius 1 is 0.660 bits per heavy atom. The molecule has 0 unspecified atom stereocenters. The molecule has 2 fully saturated rings. The zero-order chi connectivity index (χ0) is 36.6. The molecule has 16 heteroatoms. The Hall–Kier alpha value is -6.52. The number of benzene rings is 2. The predicted molar refractivity (Wildman–Crippen MR) is 199 cm³/mol. The molecule has 0 spiro atoms. The minimum absolute atomic E-state index is 0.151. The third kappa shape index (κ3) is 8.19. The molecule has 0 saturated carbocycles. The van der Waals surface area contributed by atoms with Gasteiger partial charge in [0.05, 0.1) is 49.9 Å². The lowest BCUT2D eigenvalue weighted by molar-refractivity contribution is 0.122. The molecule has 0 amide bonds. The molecule has 2 saturated heterocycles. The van der Waals surface area contributed by atoms with E-state index in [0.29, 0.717) is 78.8 Å². The van der Waals surface area contributed by atoms with E-state index in [9.17, 15) is 10.2 Å². The van der Waals surface area contributed by atoms with Crippen LogP contribution < -0.4 is 9.80 Å². The van der Waals surface area contributed by atoms with E-state index in [1.807, 2.05) is 18.2 Å². The van der Waals surface area contributed by atoms with Crippen molar-refractivity contribution in [2.45, 2.75) is 0 Å². The predicted octanol–water partition coefficient (Wildman–Crippen LogP) is 4.26. The average molecular weight is 717 g/mol. The van der Waals surface area contributed by atoms with Gasteiger partial charge in [-0.2, -0.15) is 0 Å². The maximum absolute atomic E-state index is 9.82. The number of hydrogen-bond donors (Lipinski definition) is 3. The van der Waals surface area contributed by atoms with Gasteiger partial charge in [0.2, 0.25) is 0 Å². The van der Waals surface area contributed by atoms with E-state index in [1.54, 1.807) is 61.1 Å². The number of oxime groups is 2. The highest BCUT2D eigenvalue weighted by Crippen LogP contribution is 2.30. The topological polar surface area (TPSA) is 197 Å². The Labute approximate surface area is 303 Å². The third-order valence-corrected chi connectivity index (χ3v) is 8.42. The van der Waals surface area contributed by atoms with Crippen LogP contribution in [0.5, 0.6) is 11.5 Å². The van der Waals surface area contributed by atoms with Crippen LogP contribution in [-0.2, 0) is 14.3 Å². The minimum atomic E-state index is 0.151. The molecule has 0 bridgehead atoms. The molecule has 16 nitrogen and oxygen atoms in total. The van der Waals surface area contributed by atoms with Crippen LogP contribution in [0, 0.1) is 0 Å². The molecule has 0 aliphatic carbocycles. The molecule has 270 valence electrons. The number of rotatable bonds is 7. The Kier molecular flexibility index (Phi) is 10.7. The van der Waals surface area contributed by atoms with Gasteiger partial charge in [0.1, 0.15) is 29.6 Å². The van der Waals surface area contributed by atoms with Crippen molar-refractivity contribution >= 4 is 46.1 Å². The van der Waals surface area contributed by atoms with Crippen LogP contribution in [0.4, 0.5) is 11.6 Å². The molecule has 2 aromatic carbocycles. The number of aromatic hydroxyl groups is 2. The van der Waals surface area contributed by atoms with Crippen molar-refractivity contribution in [2.24, 2.45) is 10.3 Å². The van der Waals surface area contributed by atoms with E-state index in [0.717, 1.165) is 41.4 Å². The van der Waals surface area contributed by atoms with E-state index in [-0.39, 0.29) is 11.5 Å². The van der Waals surface area contributed by atoms with Crippen molar-refractivity contribution in [3.8, 4) is 34.3 Å². The summed E-state index contributed by atoms with van der Waals surface area (Å²) in [5.41, 5.74) is 5.58. The molecule has 6 heterocycles. The van der Waals surface area contributed by atoms with E-state index >= 15 is 0 Å². The number of ether oxygens (including phenoxy) is 2. The maximum atomic E-state index is 9.82. The zero-order valence-corrected chi connectivity index (χ0v) is 28.8. The van der Waals surface area contributed by atoms with E-state index in [1.165, 1.54) is 13.3 Å². The number of anilines is 2. The Balaban J connectivity index is 0.000000164. The highest BCUT2D eigenvalue weighted by atomic mass is 16.6. The van der Waals surface area contributed by atoms with Crippen LogP contribution in [0.15, 0.2) is 83.4 Å². The van der Waals surface area contributed by atoms with Crippen LogP contribution in [-0.4, -0.2) is 117 Å². The van der Waals surface area contributed by atoms with Crippen molar-refractivity contribution in [3.63, 3.8) is 0 Å². The smallest absolute Gasteiger partial charge is 0.162 e. The van der Waals surface area contributed by atoms with Gasteiger partial charge >= 0.3 is 0 Å². The van der Waals surface area contributed by atoms with Crippen LogP contribution >= 0.6 is 0 Å². The second-order valence-electron chi connectivity index (χ2n) is 12.0. The summed E-state index contributed by atoms with van der Waals surface area (Å²) in [5, 5.41) is 35.2. The van der Waals surface area contributed by atoms with Crippen LogP contribution in [0.1, 0.15) is 11.1 Å². The fraction of sp³-hybridized carbons (Fsp3) is 0.243. The van der Waals surface area contributed by atoms with Gasteiger partial charge in [-0.3, -0.25) is 9.97 Å². The number of fused-ring (bicyclic) bond motifs is 2. The van der Waals surface area contributed by atoms with Crippen LogP contribution in [0.2, 0.25) is 0 Å². The first-order valence-electron chi connectivity index (χ1n) is 16.8. The number of morpholine rings is 2. The fourth-order valence-electron chi connectivity index (χ4n) is 5.90. The quantitative estimate of drug-likeness (QED) is 0.120. The lowest BCUT2D eigenvalue weighted by Crippen LogP contribution is -2.37. The molecule has 0 radical (unpaired) electrons. The fourth-order valence-corrected chi connectivity index (χ4v) is 5.90. The standard InChI is InChI=1S/C19H19N5O3.C18H17N5O3/c1-26-21-12-13-9-16-17(20-11-13)19(24-5-7-27-8-6-24)23-18(22-16)14-3-2-4-15(25)10-14;24-14-3-1-2-13(9-14)17-21-15-8-12(11-20-25)10-19-16(15)18(22-17)23-4-6-26-7-5-23/h2-4,9-12,25H,5-8H2,1H3;1-3,8-11,24-25H,4-7H2. The van der Waals surface area contributed by atoms with Gasteiger partial charge in [-0.25, -0.2) is 19.9 Å². The summed E-state index contributed by atoms with van der Waals surface area (Å²) in [6.07, 6.45) is 6.21. The molecular weight excluding hydrogens is 680 g/mol. The molecule has 3 N–H and O–H groups in total. The van der Waals surface area contributed by atoms with Crippen LogP contribution in [0.3, 0.4) is 0 Å². The second kappa shape index (κ2) is 16.2. The average Bonchev–Trinajstić information content (AvgIpc) is 3.20. The molecule has 4 aromatic heterocycles. The first kappa shape index (κ1) is 34.9. The van der Waals surface area contributed by atoms with Gasteiger partial charge in [0, 0.05) is 60.8 Å². The largest absolute Gasteiger partial charge is 0.508 e. The summed E-state index contributed by atoms with van der Waals surface area (Å²) in [4.78, 5) is 36.8. The third-order valence-electron chi connectivity index (χ3n) is 8.42. The van der Waals surface area contributed by atoms with Gasteiger partial charge in [0.15, 0.2) is 23.3 Å². The van der Waals surface area contributed by atoms with E-state index < -0.39 is 0 Å². The highest BCUT2D eigenvalue weighted by Gasteiger charge is 2.21. The molecule has 0 atom stereocenters. The van der Waals surface area contributed by atoms with Gasteiger partial charge in [-0.05, 0) is 36.4 Å². The van der Waals surface area contributed by atoms with Gasteiger partial charge in [-0.1, -0.05) is 34.6 Å². The highest BCUT2D eigenvalue weighted by molar-refractivity contribution is 5.93. The summed E-state index contributed by atoms with van der Waals surface area (Å²) in [7, 11) is 1.49. The molecular formula is C37H36N10O6. The van der Waals surface area contributed by atoms with Crippen LogP contribution in [0.25, 0.3) is 44.8 Å². The van der Waals surface area contributed by atoms with Gasteiger partial charge in [0.25, 0.3) is 0 Å². The first-order chi connectivity index (χ1) is 26.0. The second-order valence-corrected chi connectivity index (χ2v) is 12.0. The Morgan fingerprint density at radius 3 is 1.57 bits per heavy atom. The van der Waals surface area contributed by atoms with Crippen molar-refractivity contribution in [1.29, 1.82) is 0 Å². The van der Waals surface area contributed by atoms with E-state index in [4.69, 9.17) is 29.5 Å². The van der Waals surface area contributed by atoms with Crippen molar-refractivity contribution < 1.29 is 29.7 Å². The molecule has 2 aliphatic rings.